The number of rotatable bonds is 28. The number of hydrogen-bond acceptors (Lipinski definition) is 13. The van der Waals surface area contributed by atoms with E-state index in [2.05, 4.69) is 0 Å². The van der Waals surface area contributed by atoms with E-state index < -0.39 is 10.8 Å². The summed E-state index contributed by atoms with van der Waals surface area (Å²) in [4.78, 5) is 0. The lowest BCUT2D eigenvalue weighted by Gasteiger charge is -2.37. The fraction of sp³-hybridized carbons (Fsp3) is 1.00. The summed E-state index contributed by atoms with van der Waals surface area (Å²) >= 11 is 0. The molecule has 13 heteroatoms. The van der Waals surface area contributed by atoms with Gasteiger partial charge in [-0.05, 0) is 41.5 Å². The minimum atomic E-state index is -0.643. The molecule has 0 bridgehead atoms. The van der Waals surface area contributed by atoms with Crippen LogP contribution in [0.15, 0.2) is 0 Å². The Hall–Kier alpha value is -0.520. The smallest absolute Gasteiger partial charge is 0.0637 e. The van der Waals surface area contributed by atoms with Gasteiger partial charge in [-0.1, -0.05) is 0 Å². The van der Waals surface area contributed by atoms with Gasteiger partial charge < -0.3 is 67.6 Å². The summed E-state index contributed by atoms with van der Waals surface area (Å²) in [5.74, 6) is 0. The predicted molar refractivity (Wildman–Crippen MR) is 162 cm³/mol. The maximum Gasteiger partial charge on any atom is 0.0637 e. The number of ether oxygens (including phenoxy) is 7. The summed E-state index contributed by atoms with van der Waals surface area (Å²) in [6, 6.07) is -0.736. The molecule has 0 fully saturated rings. The Morgan fingerprint density at radius 2 is 0.463 bits per heavy atom. The summed E-state index contributed by atoms with van der Waals surface area (Å²) < 4.78 is 42.4. The third kappa shape index (κ3) is 22.7. The molecule has 0 aromatic carbocycles. The van der Waals surface area contributed by atoms with E-state index in [4.69, 9.17) is 67.6 Å². The Labute approximate surface area is 248 Å². The maximum atomic E-state index is 6.44. The molecule has 0 amide bonds. The van der Waals surface area contributed by atoms with Gasteiger partial charge in [-0.3, -0.25) is 0 Å². The highest BCUT2D eigenvalue weighted by Gasteiger charge is 2.37. The van der Waals surface area contributed by atoms with E-state index in [-0.39, 0.29) is 49.5 Å². The first kappa shape index (κ1) is 40.5. The highest BCUT2D eigenvalue weighted by Crippen LogP contribution is 2.26. The van der Waals surface area contributed by atoms with Crippen molar-refractivity contribution in [1.29, 1.82) is 0 Å². The lowest BCUT2D eigenvalue weighted by atomic mass is 9.90. The Morgan fingerprint density at radius 1 is 0.317 bits per heavy atom. The van der Waals surface area contributed by atoms with Crippen LogP contribution in [-0.2, 0) is 33.2 Å². The van der Waals surface area contributed by atoms with Gasteiger partial charge in [0.2, 0.25) is 0 Å². The van der Waals surface area contributed by atoms with Crippen LogP contribution in [0.1, 0.15) is 41.5 Å². The molecule has 0 heterocycles. The van der Waals surface area contributed by atoms with Gasteiger partial charge in [0.05, 0.1) is 103 Å². The molecule has 0 aliphatic heterocycles. The van der Waals surface area contributed by atoms with E-state index in [1.54, 1.807) is 0 Å². The summed E-state index contributed by atoms with van der Waals surface area (Å²) in [5.41, 5.74) is 34.4. The quantitative estimate of drug-likeness (QED) is 0.0649. The molecule has 0 spiro atoms. The van der Waals surface area contributed by atoms with Gasteiger partial charge in [0.25, 0.3) is 0 Å². The lowest BCUT2D eigenvalue weighted by molar-refractivity contribution is -0.144. The van der Waals surface area contributed by atoms with Crippen LogP contribution in [0.4, 0.5) is 0 Å². The zero-order valence-corrected chi connectivity index (χ0v) is 26.7. The summed E-state index contributed by atoms with van der Waals surface area (Å²) in [5, 5.41) is 0. The molecule has 0 aliphatic rings. The summed E-state index contributed by atoms with van der Waals surface area (Å²) in [6.45, 7) is 16.0. The van der Waals surface area contributed by atoms with Gasteiger partial charge in [0.15, 0.2) is 0 Å². The van der Waals surface area contributed by atoms with Gasteiger partial charge in [-0.25, -0.2) is 0 Å². The molecule has 0 rings (SSSR count). The first-order valence-corrected chi connectivity index (χ1v) is 14.8. The van der Waals surface area contributed by atoms with Crippen LogP contribution in [-0.4, -0.2) is 129 Å². The average molecular weight is 597 g/mol. The molecule has 13 nitrogen and oxygen atoms in total. The first-order valence-electron chi connectivity index (χ1n) is 14.8. The van der Waals surface area contributed by atoms with Crippen LogP contribution in [0, 0.1) is 10.8 Å². The molecule has 0 saturated heterocycles. The number of hydrogen-bond donors (Lipinski definition) is 6. The van der Waals surface area contributed by atoms with Crippen LogP contribution in [0.5, 0.6) is 0 Å². The highest BCUT2D eigenvalue weighted by atomic mass is 16.5. The topological polar surface area (TPSA) is 221 Å². The van der Waals surface area contributed by atoms with Crippen LogP contribution >= 0.6 is 0 Å². The third-order valence-electron chi connectivity index (χ3n) is 5.55. The molecule has 6 atom stereocenters. The van der Waals surface area contributed by atoms with Crippen molar-refractivity contribution in [2.75, 3.05) is 92.5 Å². The standard InChI is InChI=1S/C28H64N6O7/c1-21(29)7-35-13-27(14-36-8-22(2)30,15-37-9-23(3)31)19-41-20-28(16-38-10-24(4)32,17-39-11-25(5)33)18-40-12-26(6)34/h21-26H,7-20,29-34H2,1-6H3. The van der Waals surface area contributed by atoms with Crippen molar-refractivity contribution in [3.63, 3.8) is 0 Å². The molecule has 6 unspecified atom stereocenters. The monoisotopic (exact) mass is 596 g/mol. The zero-order chi connectivity index (χ0) is 31.3. The van der Waals surface area contributed by atoms with Gasteiger partial charge in [-0.15, -0.1) is 0 Å². The second-order valence-electron chi connectivity index (χ2n) is 12.4. The van der Waals surface area contributed by atoms with Crippen molar-refractivity contribution in [3.05, 3.63) is 0 Å². The third-order valence-corrected chi connectivity index (χ3v) is 5.55. The SMILES string of the molecule is CC(N)COCC(COCC(C)N)(COCC(C)N)COCC(COCC(C)N)(COCC(C)N)COCC(C)N. The Bertz CT molecular complexity index is 490. The Morgan fingerprint density at radius 3 is 0.610 bits per heavy atom. The molecular formula is C28H64N6O7. The zero-order valence-electron chi connectivity index (χ0n) is 26.7. The van der Waals surface area contributed by atoms with Crippen molar-refractivity contribution in [2.24, 2.45) is 45.2 Å². The van der Waals surface area contributed by atoms with E-state index >= 15 is 0 Å². The first-order chi connectivity index (χ1) is 19.2. The van der Waals surface area contributed by atoms with E-state index in [9.17, 15) is 0 Å². The highest BCUT2D eigenvalue weighted by molar-refractivity contribution is 4.84. The summed E-state index contributed by atoms with van der Waals surface area (Å²) in [7, 11) is 0. The second kappa shape index (κ2) is 22.9. The normalized spacial score (nSPS) is 19.6. The largest absolute Gasteiger partial charge is 0.380 e. The predicted octanol–water partition coefficient (Wildman–Crippen LogP) is -0.841. The summed E-state index contributed by atoms with van der Waals surface area (Å²) in [6.07, 6.45) is 0. The van der Waals surface area contributed by atoms with Crippen LogP contribution in [0.3, 0.4) is 0 Å². The molecular weight excluding hydrogens is 532 g/mol. The van der Waals surface area contributed by atoms with E-state index in [1.807, 2.05) is 41.5 Å². The lowest BCUT2D eigenvalue weighted by Crippen LogP contribution is -2.47. The van der Waals surface area contributed by atoms with E-state index in [0.717, 1.165) is 0 Å². The Kier molecular flexibility index (Phi) is 22.6. The second-order valence-corrected chi connectivity index (χ2v) is 12.4. The fourth-order valence-electron chi connectivity index (χ4n) is 3.75. The van der Waals surface area contributed by atoms with Crippen molar-refractivity contribution in [2.45, 2.75) is 77.8 Å². The minimum Gasteiger partial charge on any atom is -0.380 e. The molecule has 0 radical (unpaired) electrons. The van der Waals surface area contributed by atoms with Gasteiger partial charge in [0.1, 0.15) is 0 Å². The molecule has 12 N–H and O–H groups in total. The molecule has 248 valence electrons. The van der Waals surface area contributed by atoms with Crippen LogP contribution < -0.4 is 34.4 Å². The molecule has 0 saturated carbocycles. The number of nitrogens with two attached hydrogens (primary N) is 6. The van der Waals surface area contributed by atoms with E-state index in [0.29, 0.717) is 79.3 Å². The van der Waals surface area contributed by atoms with Gasteiger partial charge in [-0.2, -0.15) is 0 Å². The maximum absolute atomic E-state index is 6.44. The van der Waals surface area contributed by atoms with Crippen LogP contribution in [0.25, 0.3) is 0 Å². The van der Waals surface area contributed by atoms with Crippen molar-refractivity contribution in [3.8, 4) is 0 Å². The van der Waals surface area contributed by atoms with Crippen molar-refractivity contribution < 1.29 is 33.2 Å². The molecule has 41 heavy (non-hydrogen) atoms. The van der Waals surface area contributed by atoms with Gasteiger partial charge in [0, 0.05) is 36.3 Å². The molecule has 0 aromatic rings. The minimum absolute atomic E-state index is 0.123. The fourth-order valence-corrected chi connectivity index (χ4v) is 3.75. The van der Waals surface area contributed by atoms with E-state index in [1.165, 1.54) is 0 Å². The van der Waals surface area contributed by atoms with Gasteiger partial charge >= 0.3 is 0 Å². The van der Waals surface area contributed by atoms with Crippen molar-refractivity contribution in [1.82, 2.24) is 0 Å². The Balaban J connectivity index is 5.90. The van der Waals surface area contributed by atoms with Crippen LogP contribution in [0.2, 0.25) is 0 Å². The average Bonchev–Trinajstić information content (AvgIpc) is 2.82. The molecule has 0 aliphatic carbocycles. The van der Waals surface area contributed by atoms with Crippen molar-refractivity contribution >= 4 is 0 Å². The molecule has 0 aromatic heterocycles.